The smallest absolute Gasteiger partial charge is 0.342 e. The van der Waals surface area contributed by atoms with Crippen LogP contribution in [0, 0.1) is 5.92 Å². The van der Waals surface area contributed by atoms with Crippen LogP contribution in [0.4, 0.5) is 0 Å². The third kappa shape index (κ3) is 6.83. The highest BCUT2D eigenvalue weighted by Crippen LogP contribution is 2.18. The van der Waals surface area contributed by atoms with E-state index in [1.165, 1.54) is 0 Å². The number of hydrogen-bond donors (Lipinski definition) is 3. The lowest BCUT2D eigenvalue weighted by atomic mass is 10.0. The number of nitrogens with zero attached hydrogens (tertiary/aromatic N) is 1. The largest absolute Gasteiger partial charge is 0.459 e. The molecule has 0 aromatic carbocycles. The summed E-state index contributed by atoms with van der Waals surface area (Å²) < 4.78 is 5.30. The first-order valence-electron chi connectivity index (χ1n) is 8.83. The Morgan fingerprint density at radius 2 is 1.88 bits per heavy atom. The van der Waals surface area contributed by atoms with E-state index in [0.29, 0.717) is 29.1 Å². The van der Waals surface area contributed by atoms with Gasteiger partial charge in [0.15, 0.2) is 0 Å². The Bertz CT molecular complexity index is 477. The summed E-state index contributed by atoms with van der Waals surface area (Å²) in [6.07, 6.45) is 3.41. The molecule has 0 aromatic heterocycles. The number of nitrogens with one attached hydrogen (secondary N) is 1. The van der Waals surface area contributed by atoms with E-state index in [0.717, 1.165) is 32.5 Å². The Morgan fingerprint density at radius 3 is 2.33 bits per heavy atom. The number of carbonyl (C=O) groups is 1. The van der Waals surface area contributed by atoms with Crippen molar-refractivity contribution in [2.75, 3.05) is 19.6 Å². The Morgan fingerprint density at radius 1 is 1.29 bits per heavy atom. The van der Waals surface area contributed by atoms with Gasteiger partial charge < -0.3 is 26.4 Å². The highest BCUT2D eigenvalue weighted by atomic mass is 16.5. The molecule has 0 spiro atoms. The number of ether oxygens (including phenoxy) is 1. The maximum Gasteiger partial charge on any atom is 0.342 e. The van der Waals surface area contributed by atoms with Gasteiger partial charge >= 0.3 is 5.97 Å². The van der Waals surface area contributed by atoms with Gasteiger partial charge in [0.05, 0.1) is 6.10 Å². The van der Waals surface area contributed by atoms with Crippen LogP contribution in [0.2, 0.25) is 0 Å². The number of allylic oxidation sites excluding steroid dienone is 1. The zero-order chi connectivity index (χ0) is 18.3. The lowest BCUT2D eigenvalue weighted by Gasteiger charge is -2.35. The van der Waals surface area contributed by atoms with Crippen LogP contribution in [-0.4, -0.2) is 42.6 Å². The van der Waals surface area contributed by atoms with Gasteiger partial charge in [-0.25, -0.2) is 4.79 Å². The summed E-state index contributed by atoms with van der Waals surface area (Å²) in [5.41, 5.74) is 12.9. The van der Waals surface area contributed by atoms with E-state index < -0.39 is 5.97 Å². The number of nitrogens with two attached hydrogens (primary N) is 2. The predicted molar refractivity (Wildman–Crippen MR) is 99.9 cm³/mol. The van der Waals surface area contributed by atoms with Crippen molar-refractivity contribution in [1.29, 1.82) is 0 Å². The van der Waals surface area contributed by atoms with Gasteiger partial charge in [-0.2, -0.15) is 0 Å². The van der Waals surface area contributed by atoms with Gasteiger partial charge in [0.25, 0.3) is 0 Å². The van der Waals surface area contributed by atoms with Crippen LogP contribution in [0.1, 0.15) is 48.9 Å². The minimum Gasteiger partial charge on any atom is -0.459 e. The molecule has 0 radical (unpaired) electrons. The van der Waals surface area contributed by atoms with Crippen molar-refractivity contribution in [3.8, 4) is 0 Å². The fourth-order valence-electron chi connectivity index (χ4n) is 2.64. The molecule has 1 fully saturated rings. The average Bonchev–Trinajstić information content (AvgIpc) is 2.49. The van der Waals surface area contributed by atoms with E-state index in [2.05, 4.69) is 19.2 Å². The molecular formula is C18H36N4O2. The van der Waals surface area contributed by atoms with Gasteiger partial charge in [0.2, 0.25) is 0 Å². The van der Waals surface area contributed by atoms with E-state index in [4.69, 9.17) is 16.2 Å². The van der Waals surface area contributed by atoms with Crippen LogP contribution >= 0.6 is 0 Å². The van der Waals surface area contributed by atoms with E-state index in [1.54, 1.807) is 13.0 Å². The standard InChI is InChI=1S/C18H34N4O2.H2/c1-12(2)11-21-15-6-8-22(9-7-15)17(20)16(10-14(5)19)18(23)24-13(3)4;/h10,12-13,15,21H,6-9,11,19-20H2,1-5H3;1H/b14-10-,17-16-;. The molecule has 1 aliphatic rings. The second-order valence-electron chi connectivity index (χ2n) is 7.20. The summed E-state index contributed by atoms with van der Waals surface area (Å²) in [5.74, 6) is 0.670. The Labute approximate surface area is 147 Å². The lowest BCUT2D eigenvalue weighted by molar-refractivity contribution is -0.142. The summed E-state index contributed by atoms with van der Waals surface area (Å²) in [4.78, 5) is 14.4. The van der Waals surface area contributed by atoms with Crippen LogP contribution in [0.5, 0.6) is 0 Å². The monoisotopic (exact) mass is 340 g/mol. The van der Waals surface area contributed by atoms with Crippen molar-refractivity contribution in [2.45, 2.75) is 59.6 Å². The third-order valence-corrected chi connectivity index (χ3v) is 3.86. The molecule has 1 aliphatic heterocycles. The third-order valence-electron chi connectivity index (χ3n) is 3.86. The molecule has 0 aromatic rings. The first-order chi connectivity index (χ1) is 11.2. The minimum absolute atomic E-state index is 0. The molecule has 1 rings (SSSR count). The van der Waals surface area contributed by atoms with Gasteiger partial charge in [-0.1, -0.05) is 13.8 Å². The van der Waals surface area contributed by atoms with Gasteiger partial charge in [0, 0.05) is 26.3 Å². The van der Waals surface area contributed by atoms with Gasteiger partial charge in [-0.15, -0.1) is 0 Å². The van der Waals surface area contributed by atoms with E-state index >= 15 is 0 Å². The molecule has 0 unspecified atom stereocenters. The van der Waals surface area contributed by atoms with Crippen molar-refractivity contribution in [3.63, 3.8) is 0 Å². The average molecular weight is 341 g/mol. The molecule has 6 heteroatoms. The topological polar surface area (TPSA) is 93.6 Å². The quantitative estimate of drug-likeness (QED) is 0.372. The lowest BCUT2D eigenvalue weighted by Crippen LogP contribution is -2.45. The molecule has 0 saturated carbocycles. The molecule has 1 saturated heterocycles. The fourth-order valence-corrected chi connectivity index (χ4v) is 2.64. The predicted octanol–water partition coefficient (Wildman–Crippen LogP) is 1.93. The van der Waals surface area contributed by atoms with Gasteiger partial charge in [-0.05, 0) is 52.2 Å². The molecule has 140 valence electrons. The molecule has 6 nitrogen and oxygen atoms in total. The SMILES string of the molecule is C/C(N)=C/C(C(=O)OC(C)C)=C(\N)N1CCC(NCC(C)C)CC1.[HH]. The Kier molecular flexibility index (Phi) is 8.11. The van der Waals surface area contributed by atoms with Crippen LogP contribution in [0.25, 0.3) is 0 Å². The molecule has 0 bridgehead atoms. The molecule has 1 heterocycles. The molecular weight excluding hydrogens is 304 g/mol. The first kappa shape index (κ1) is 20.4. The normalized spacial score (nSPS) is 18.1. The number of likely N-dealkylation sites (tertiary alicyclic amines) is 1. The summed E-state index contributed by atoms with van der Waals surface area (Å²) in [6, 6.07) is 0.509. The van der Waals surface area contributed by atoms with Crippen LogP contribution in [0.3, 0.4) is 0 Å². The summed E-state index contributed by atoms with van der Waals surface area (Å²) in [6.45, 7) is 12.4. The molecule has 5 N–H and O–H groups in total. The summed E-state index contributed by atoms with van der Waals surface area (Å²) in [7, 11) is 0. The number of piperidine rings is 1. The first-order valence-corrected chi connectivity index (χ1v) is 8.83. The van der Waals surface area contributed by atoms with E-state index in [9.17, 15) is 4.79 Å². The number of hydrogen-bond acceptors (Lipinski definition) is 6. The fraction of sp³-hybridized carbons (Fsp3) is 0.722. The van der Waals surface area contributed by atoms with Crippen molar-refractivity contribution in [2.24, 2.45) is 17.4 Å². The molecule has 0 atom stereocenters. The Balaban J connectivity index is 0.00000576. The summed E-state index contributed by atoms with van der Waals surface area (Å²) in [5, 5.41) is 3.58. The highest BCUT2D eigenvalue weighted by Gasteiger charge is 2.24. The highest BCUT2D eigenvalue weighted by molar-refractivity contribution is 5.92. The number of carbonyl (C=O) groups excluding carboxylic acids is 1. The molecule has 0 amide bonds. The zero-order valence-corrected chi connectivity index (χ0v) is 15.8. The van der Waals surface area contributed by atoms with Crippen molar-refractivity contribution in [1.82, 2.24) is 10.2 Å². The van der Waals surface area contributed by atoms with Crippen molar-refractivity contribution >= 4 is 5.97 Å². The van der Waals surface area contributed by atoms with Crippen molar-refractivity contribution in [3.05, 3.63) is 23.2 Å². The van der Waals surface area contributed by atoms with Crippen LogP contribution < -0.4 is 16.8 Å². The maximum atomic E-state index is 12.3. The second-order valence-corrected chi connectivity index (χ2v) is 7.20. The number of esters is 1. The number of rotatable bonds is 7. The van der Waals surface area contributed by atoms with E-state index in [1.807, 2.05) is 18.7 Å². The van der Waals surface area contributed by atoms with Gasteiger partial charge in [-0.3, -0.25) is 0 Å². The molecule has 24 heavy (non-hydrogen) atoms. The Hall–Kier alpha value is -1.69. The summed E-state index contributed by atoms with van der Waals surface area (Å²) >= 11 is 0. The molecule has 0 aliphatic carbocycles. The van der Waals surface area contributed by atoms with E-state index in [-0.39, 0.29) is 7.53 Å². The van der Waals surface area contributed by atoms with Crippen LogP contribution in [0.15, 0.2) is 23.2 Å². The van der Waals surface area contributed by atoms with Crippen LogP contribution in [-0.2, 0) is 9.53 Å². The zero-order valence-electron chi connectivity index (χ0n) is 15.8. The second kappa shape index (κ2) is 9.57. The maximum absolute atomic E-state index is 12.3. The minimum atomic E-state index is -0.424. The van der Waals surface area contributed by atoms with Crippen molar-refractivity contribution < 1.29 is 11.0 Å². The van der Waals surface area contributed by atoms with Gasteiger partial charge in [0.1, 0.15) is 11.4 Å².